The third-order valence-corrected chi connectivity index (χ3v) is 3.48. The molecule has 2 nitrogen and oxygen atoms in total. The molecule has 0 spiro atoms. The van der Waals surface area contributed by atoms with Crippen molar-refractivity contribution in [1.29, 1.82) is 0 Å². The van der Waals surface area contributed by atoms with Crippen LogP contribution in [-0.4, -0.2) is 24.0 Å². The molecular formula is C16H17F3N2. The van der Waals surface area contributed by atoms with Gasteiger partial charge in [0.15, 0.2) is 0 Å². The number of benzene rings is 1. The minimum Gasteiger partial charge on any atom is -0.303 e. The first-order valence-electron chi connectivity index (χ1n) is 6.60. The maximum Gasteiger partial charge on any atom is 0.433 e. The van der Waals surface area contributed by atoms with Crippen LogP contribution in [0.5, 0.6) is 0 Å². The third-order valence-electron chi connectivity index (χ3n) is 3.48. The second-order valence-corrected chi connectivity index (χ2v) is 5.17. The van der Waals surface area contributed by atoms with E-state index in [1.54, 1.807) is 12.1 Å². The standard InChI is InChI=1S/C16H17F3N2/c1-11(21(2)3)12-6-4-7-13(10-12)14-8-5-9-15(20-14)16(17,18)19/h4-11H,1-3H3. The molecule has 1 atom stereocenters. The lowest BCUT2D eigenvalue weighted by Gasteiger charge is -2.20. The van der Waals surface area contributed by atoms with Gasteiger partial charge in [0.2, 0.25) is 0 Å². The fourth-order valence-corrected chi connectivity index (χ4v) is 2.01. The van der Waals surface area contributed by atoms with E-state index in [4.69, 9.17) is 0 Å². The fraction of sp³-hybridized carbons (Fsp3) is 0.312. The lowest BCUT2D eigenvalue weighted by molar-refractivity contribution is -0.141. The van der Waals surface area contributed by atoms with Crippen LogP contribution >= 0.6 is 0 Å². The van der Waals surface area contributed by atoms with Gasteiger partial charge in [-0.15, -0.1) is 0 Å². The quantitative estimate of drug-likeness (QED) is 0.834. The van der Waals surface area contributed by atoms with E-state index < -0.39 is 11.9 Å². The Hall–Kier alpha value is -1.88. The predicted octanol–water partition coefficient (Wildman–Crippen LogP) is 4.39. The Balaban J connectivity index is 2.41. The Labute approximate surface area is 122 Å². The van der Waals surface area contributed by atoms with E-state index in [1.807, 2.05) is 44.1 Å². The second kappa shape index (κ2) is 5.85. The minimum atomic E-state index is -4.43. The molecule has 112 valence electrons. The van der Waals surface area contributed by atoms with Crippen LogP contribution < -0.4 is 0 Å². The monoisotopic (exact) mass is 294 g/mol. The van der Waals surface area contributed by atoms with Gasteiger partial charge in [-0.2, -0.15) is 13.2 Å². The van der Waals surface area contributed by atoms with Crippen molar-refractivity contribution in [3.63, 3.8) is 0 Å². The molecule has 0 aliphatic heterocycles. The van der Waals surface area contributed by atoms with Gasteiger partial charge in [0, 0.05) is 11.6 Å². The van der Waals surface area contributed by atoms with Gasteiger partial charge in [-0.05, 0) is 44.8 Å². The number of pyridine rings is 1. The lowest BCUT2D eigenvalue weighted by atomic mass is 10.0. The molecule has 1 heterocycles. The van der Waals surface area contributed by atoms with Gasteiger partial charge in [0.1, 0.15) is 5.69 Å². The van der Waals surface area contributed by atoms with Gasteiger partial charge >= 0.3 is 6.18 Å². The van der Waals surface area contributed by atoms with E-state index in [0.29, 0.717) is 11.3 Å². The molecule has 21 heavy (non-hydrogen) atoms. The van der Waals surface area contributed by atoms with Crippen LogP contribution in [0.3, 0.4) is 0 Å². The summed E-state index contributed by atoms with van der Waals surface area (Å²) in [4.78, 5) is 5.76. The van der Waals surface area contributed by atoms with Crippen molar-refractivity contribution in [2.24, 2.45) is 0 Å². The van der Waals surface area contributed by atoms with E-state index in [-0.39, 0.29) is 6.04 Å². The Morgan fingerprint density at radius 3 is 2.33 bits per heavy atom. The first-order valence-corrected chi connectivity index (χ1v) is 6.60. The van der Waals surface area contributed by atoms with Crippen molar-refractivity contribution >= 4 is 0 Å². The van der Waals surface area contributed by atoms with Gasteiger partial charge in [-0.3, -0.25) is 0 Å². The van der Waals surface area contributed by atoms with Crippen LogP contribution in [0.4, 0.5) is 13.2 Å². The Morgan fingerprint density at radius 1 is 1.05 bits per heavy atom. The molecule has 0 aliphatic carbocycles. The van der Waals surface area contributed by atoms with Gasteiger partial charge in [-0.25, -0.2) is 4.98 Å². The second-order valence-electron chi connectivity index (χ2n) is 5.17. The zero-order valence-corrected chi connectivity index (χ0v) is 12.1. The summed E-state index contributed by atoms with van der Waals surface area (Å²) in [6.07, 6.45) is -4.43. The topological polar surface area (TPSA) is 16.1 Å². The molecule has 0 amide bonds. The molecule has 0 aliphatic rings. The average molecular weight is 294 g/mol. The van der Waals surface area contributed by atoms with Crippen LogP contribution in [0.15, 0.2) is 42.5 Å². The third kappa shape index (κ3) is 3.61. The molecule has 2 rings (SSSR count). The number of hydrogen-bond donors (Lipinski definition) is 0. The predicted molar refractivity (Wildman–Crippen MR) is 76.8 cm³/mol. The minimum absolute atomic E-state index is 0.177. The highest BCUT2D eigenvalue weighted by Gasteiger charge is 2.32. The summed E-state index contributed by atoms with van der Waals surface area (Å²) in [5, 5.41) is 0. The molecule has 5 heteroatoms. The largest absolute Gasteiger partial charge is 0.433 e. The summed E-state index contributed by atoms with van der Waals surface area (Å²) in [6.45, 7) is 2.04. The van der Waals surface area contributed by atoms with E-state index in [2.05, 4.69) is 4.98 Å². The fourth-order valence-electron chi connectivity index (χ4n) is 2.01. The van der Waals surface area contributed by atoms with E-state index in [0.717, 1.165) is 11.6 Å². The zero-order valence-electron chi connectivity index (χ0n) is 12.1. The van der Waals surface area contributed by atoms with E-state index in [1.165, 1.54) is 6.07 Å². The maximum atomic E-state index is 12.7. The summed E-state index contributed by atoms with van der Waals surface area (Å²) >= 11 is 0. The maximum absolute atomic E-state index is 12.7. The van der Waals surface area contributed by atoms with Gasteiger partial charge in [-0.1, -0.05) is 24.3 Å². The van der Waals surface area contributed by atoms with Crippen molar-refractivity contribution in [2.45, 2.75) is 19.1 Å². The average Bonchev–Trinajstić information content (AvgIpc) is 2.46. The highest BCUT2D eigenvalue weighted by Crippen LogP contribution is 2.30. The highest BCUT2D eigenvalue weighted by molar-refractivity contribution is 5.60. The van der Waals surface area contributed by atoms with Crippen LogP contribution in [0.25, 0.3) is 11.3 Å². The molecule has 1 unspecified atom stereocenters. The summed E-state index contributed by atoms with van der Waals surface area (Å²) in [5.41, 5.74) is 1.19. The molecule has 0 saturated carbocycles. The molecule has 1 aromatic carbocycles. The Morgan fingerprint density at radius 2 is 1.71 bits per heavy atom. The SMILES string of the molecule is CC(c1cccc(-c2cccc(C(F)(F)F)n2)c1)N(C)C. The number of aromatic nitrogens is 1. The van der Waals surface area contributed by atoms with Gasteiger partial charge in [0.05, 0.1) is 5.69 Å². The van der Waals surface area contributed by atoms with Gasteiger partial charge < -0.3 is 4.90 Å². The van der Waals surface area contributed by atoms with Crippen molar-refractivity contribution in [1.82, 2.24) is 9.88 Å². The van der Waals surface area contributed by atoms with Crippen molar-refractivity contribution in [3.05, 3.63) is 53.7 Å². The van der Waals surface area contributed by atoms with Crippen LogP contribution in [0.1, 0.15) is 24.2 Å². The van der Waals surface area contributed by atoms with Crippen molar-refractivity contribution in [3.8, 4) is 11.3 Å². The van der Waals surface area contributed by atoms with Crippen molar-refractivity contribution in [2.75, 3.05) is 14.1 Å². The number of nitrogens with zero attached hydrogens (tertiary/aromatic N) is 2. The normalized spacial score (nSPS) is 13.5. The van der Waals surface area contributed by atoms with Crippen LogP contribution in [-0.2, 0) is 6.18 Å². The van der Waals surface area contributed by atoms with Gasteiger partial charge in [0.25, 0.3) is 0 Å². The summed E-state index contributed by atoms with van der Waals surface area (Å²) in [7, 11) is 3.92. The first kappa shape index (κ1) is 15.5. The molecule has 0 N–H and O–H groups in total. The molecule has 0 radical (unpaired) electrons. The molecular weight excluding hydrogens is 277 g/mol. The van der Waals surface area contributed by atoms with Crippen LogP contribution in [0, 0.1) is 0 Å². The summed E-state index contributed by atoms with van der Waals surface area (Å²) in [6, 6.07) is 11.6. The summed E-state index contributed by atoms with van der Waals surface area (Å²) < 4.78 is 38.2. The van der Waals surface area contributed by atoms with Crippen LogP contribution in [0.2, 0.25) is 0 Å². The van der Waals surface area contributed by atoms with E-state index >= 15 is 0 Å². The molecule has 0 bridgehead atoms. The number of hydrogen-bond acceptors (Lipinski definition) is 2. The number of alkyl halides is 3. The summed E-state index contributed by atoms with van der Waals surface area (Å²) in [5.74, 6) is 0. The molecule has 0 fully saturated rings. The number of halogens is 3. The highest BCUT2D eigenvalue weighted by atomic mass is 19.4. The molecule has 2 aromatic rings. The Bertz CT molecular complexity index is 621. The molecule has 0 saturated heterocycles. The van der Waals surface area contributed by atoms with Crippen molar-refractivity contribution < 1.29 is 13.2 Å². The first-order chi connectivity index (χ1) is 9.79. The molecule has 1 aromatic heterocycles. The number of rotatable bonds is 3. The zero-order chi connectivity index (χ0) is 15.6. The smallest absolute Gasteiger partial charge is 0.303 e. The Kier molecular flexibility index (Phi) is 4.32. The van der Waals surface area contributed by atoms with E-state index in [9.17, 15) is 13.2 Å². The lowest BCUT2D eigenvalue weighted by Crippen LogP contribution is -2.16.